The Hall–Kier alpha value is -0.610. The predicted octanol–water partition coefficient (Wildman–Crippen LogP) is 2.29. The van der Waals surface area contributed by atoms with E-state index >= 15 is 0 Å². The van der Waals surface area contributed by atoms with Gasteiger partial charge in [0.15, 0.2) is 0 Å². The average Bonchev–Trinajstić information content (AvgIpc) is 2.66. The molecule has 1 fully saturated rings. The van der Waals surface area contributed by atoms with Crippen LogP contribution in [0.1, 0.15) is 12.0 Å². The van der Waals surface area contributed by atoms with Gasteiger partial charge in [0.25, 0.3) is 0 Å². The molecule has 1 aromatic rings. The lowest BCUT2D eigenvalue weighted by molar-refractivity contribution is 0.315. The van der Waals surface area contributed by atoms with Crippen molar-refractivity contribution in [2.75, 3.05) is 32.1 Å². The standard InChI is InChI=1S/C12H18BrN3/c1-9-6-10(13)7-14-12(9)16-5-4-11(8-16)15(2)3/h6-7,11H,4-5,8H2,1-3H3. The van der Waals surface area contributed by atoms with E-state index in [1.807, 2.05) is 6.20 Å². The molecule has 88 valence electrons. The van der Waals surface area contributed by atoms with Crippen LogP contribution in [0, 0.1) is 6.92 Å². The van der Waals surface area contributed by atoms with E-state index in [1.165, 1.54) is 12.0 Å². The Bertz CT molecular complexity index is 379. The Morgan fingerprint density at radius 3 is 2.81 bits per heavy atom. The third kappa shape index (κ3) is 2.38. The summed E-state index contributed by atoms with van der Waals surface area (Å²) in [6.45, 7) is 4.32. The summed E-state index contributed by atoms with van der Waals surface area (Å²) in [5.41, 5.74) is 1.24. The van der Waals surface area contributed by atoms with Gasteiger partial charge in [0.2, 0.25) is 0 Å². The normalized spacial score (nSPS) is 20.8. The highest BCUT2D eigenvalue weighted by atomic mass is 79.9. The SMILES string of the molecule is Cc1cc(Br)cnc1N1CCC(N(C)C)C1. The van der Waals surface area contributed by atoms with Crippen LogP contribution in [0.3, 0.4) is 0 Å². The molecule has 1 unspecified atom stereocenters. The van der Waals surface area contributed by atoms with E-state index in [9.17, 15) is 0 Å². The van der Waals surface area contributed by atoms with Gasteiger partial charge in [-0.15, -0.1) is 0 Å². The van der Waals surface area contributed by atoms with Crippen LogP contribution in [0.4, 0.5) is 5.82 Å². The number of nitrogens with zero attached hydrogens (tertiary/aromatic N) is 3. The van der Waals surface area contributed by atoms with Gasteiger partial charge in [-0.25, -0.2) is 4.98 Å². The summed E-state index contributed by atoms with van der Waals surface area (Å²) in [5, 5.41) is 0. The summed E-state index contributed by atoms with van der Waals surface area (Å²) in [7, 11) is 4.30. The van der Waals surface area contributed by atoms with Crippen molar-refractivity contribution in [1.82, 2.24) is 9.88 Å². The maximum absolute atomic E-state index is 4.51. The van der Waals surface area contributed by atoms with Gasteiger partial charge in [-0.3, -0.25) is 0 Å². The molecule has 1 atom stereocenters. The fraction of sp³-hybridized carbons (Fsp3) is 0.583. The molecule has 1 aliphatic rings. The highest BCUT2D eigenvalue weighted by molar-refractivity contribution is 9.10. The minimum Gasteiger partial charge on any atom is -0.355 e. The molecule has 0 spiro atoms. The van der Waals surface area contributed by atoms with Gasteiger partial charge >= 0.3 is 0 Å². The smallest absolute Gasteiger partial charge is 0.131 e. The molecule has 0 N–H and O–H groups in total. The third-order valence-electron chi connectivity index (χ3n) is 3.21. The largest absolute Gasteiger partial charge is 0.355 e. The van der Waals surface area contributed by atoms with Crippen LogP contribution < -0.4 is 4.90 Å². The molecular weight excluding hydrogens is 266 g/mol. The maximum Gasteiger partial charge on any atom is 0.131 e. The number of rotatable bonds is 2. The number of anilines is 1. The van der Waals surface area contributed by atoms with E-state index in [-0.39, 0.29) is 0 Å². The Morgan fingerprint density at radius 2 is 2.25 bits per heavy atom. The molecule has 1 aliphatic heterocycles. The molecule has 0 radical (unpaired) electrons. The minimum atomic E-state index is 0.657. The van der Waals surface area contributed by atoms with E-state index in [2.05, 4.69) is 57.8 Å². The second kappa shape index (κ2) is 4.72. The second-order valence-corrected chi connectivity index (χ2v) is 5.56. The van der Waals surface area contributed by atoms with Crippen LogP contribution in [0.2, 0.25) is 0 Å². The van der Waals surface area contributed by atoms with Gasteiger partial charge in [-0.05, 0) is 55.0 Å². The highest BCUT2D eigenvalue weighted by Crippen LogP contribution is 2.25. The first-order valence-electron chi connectivity index (χ1n) is 5.61. The second-order valence-electron chi connectivity index (χ2n) is 4.65. The van der Waals surface area contributed by atoms with E-state index in [0.717, 1.165) is 23.4 Å². The van der Waals surface area contributed by atoms with Crippen molar-refractivity contribution in [3.63, 3.8) is 0 Å². The van der Waals surface area contributed by atoms with Crippen LogP contribution in [0.5, 0.6) is 0 Å². The third-order valence-corrected chi connectivity index (χ3v) is 3.64. The Kier molecular flexibility index (Phi) is 3.50. The van der Waals surface area contributed by atoms with E-state index in [1.54, 1.807) is 0 Å². The van der Waals surface area contributed by atoms with Gasteiger partial charge in [-0.1, -0.05) is 0 Å². The topological polar surface area (TPSA) is 19.4 Å². The summed E-state index contributed by atoms with van der Waals surface area (Å²) in [6, 6.07) is 2.79. The molecule has 2 heterocycles. The number of likely N-dealkylation sites (N-methyl/N-ethyl adjacent to an activating group) is 1. The molecule has 0 saturated carbocycles. The van der Waals surface area contributed by atoms with Crippen molar-refractivity contribution < 1.29 is 0 Å². The predicted molar refractivity (Wildman–Crippen MR) is 71.0 cm³/mol. The van der Waals surface area contributed by atoms with Crippen LogP contribution in [0.25, 0.3) is 0 Å². The Balaban J connectivity index is 2.14. The minimum absolute atomic E-state index is 0.657. The molecule has 1 aromatic heterocycles. The van der Waals surface area contributed by atoms with E-state index in [0.29, 0.717) is 6.04 Å². The summed E-state index contributed by atoms with van der Waals surface area (Å²) in [6.07, 6.45) is 3.11. The molecule has 0 bridgehead atoms. The van der Waals surface area contributed by atoms with Crippen molar-refractivity contribution in [2.45, 2.75) is 19.4 Å². The molecule has 0 amide bonds. The number of hydrogen-bond acceptors (Lipinski definition) is 3. The number of pyridine rings is 1. The monoisotopic (exact) mass is 283 g/mol. The quantitative estimate of drug-likeness (QED) is 0.830. The zero-order valence-electron chi connectivity index (χ0n) is 10.1. The van der Waals surface area contributed by atoms with Gasteiger partial charge in [-0.2, -0.15) is 0 Å². The van der Waals surface area contributed by atoms with E-state index in [4.69, 9.17) is 0 Å². The average molecular weight is 284 g/mol. The van der Waals surface area contributed by atoms with E-state index < -0.39 is 0 Å². The molecular formula is C12H18BrN3. The zero-order valence-corrected chi connectivity index (χ0v) is 11.7. The fourth-order valence-corrected chi connectivity index (χ4v) is 2.67. The van der Waals surface area contributed by atoms with Crippen molar-refractivity contribution >= 4 is 21.7 Å². The summed E-state index contributed by atoms with van der Waals surface area (Å²) < 4.78 is 1.05. The van der Waals surface area contributed by atoms with Crippen molar-refractivity contribution in [2.24, 2.45) is 0 Å². The van der Waals surface area contributed by atoms with Gasteiger partial charge in [0.1, 0.15) is 5.82 Å². The first-order valence-corrected chi connectivity index (χ1v) is 6.40. The van der Waals surface area contributed by atoms with Gasteiger partial charge < -0.3 is 9.80 Å². The van der Waals surface area contributed by atoms with Gasteiger partial charge in [0.05, 0.1) is 0 Å². The molecule has 4 heteroatoms. The Morgan fingerprint density at radius 1 is 1.50 bits per heavy atom. The molecule has 0 aromatic carbocycles. The van der Waals surface area contributed by atoms with Crippen LogP contribution in [0.15, 0.2) is 16.7 Å². The molecule has 1 saturated heterocycles. The summed E-state index contributed by atoms with van der Waals surface area (Å²) in [4.78, 5) is 9.20. The van der Waals surface area contributed by atoms with Crippen molar-refractivity contribution in [1.29, 1.82) is 0 Å². The number of aryl methyl sites for hydroxylation is 1. The number of hydrogen-bond donors (Lipinski definition) is 0. The number of halogens is 1. The number of aromatic nitrogens is 1. The van der Waals surface area contributed by atoms with Crippen molar-refractivity contribution in [3.8, 4) is 0 Å². The molecule has 0 aliphatic carbocycles. The summed E-state index contributed by atoms with van der Waals surface area (Å²) >= 11 is 3.45. The molecule has 3 nitrogen and oxygen atoms in total. The molecule has 2 rings (SSSR count). The lowest BCUT2D eigenvalue weighted by atomic mass is 10.2. The molecule has 16 heavy (non-hydrogen) atoms. The maximum atomic E-state index is 4.51. The highest BCUT2D eigenvalue weighted by Gasteiger charge is 2.25. The zero-order chi connectivity index (χ0) is 11.7. The fourth-order valence-electron chi connectivity index (χ4n) is 2.22. The first kappa shape index (κ1) is 11.9. The van der Waals surface area contributed by atoms with Crippen molar-refractivity contribution in [3.05, 3.63) is 22.3 Å². The first-order chi connectivity index (χ1) is 7.58. The van der Waals surface area contributed by atoms with Crippen LogP contribution in [-0.2, 0) is 0 Å². The summed E-state index contributed by atoms with van der Waals surface area (Å²) in [5.74, 6) is 1.13. The lowest BCUT2D eigenvalue weighted by Crippen LogP contribution is -2.31. The lowest BCUT2D eigenvalue weighted by Gasteiger charge is -2.22. The van der Waals surface area contributed by atoms with Crippen LogP contribution in [-0.4, -0.2) is 43.1 Å². The van der Waals surface area contributed by atoms with Gasteiger partial charge in [0, 0.05) is 29.8 Å². The van der Waals surface area contributed by atoms with Crippen LogP contribution >= 0.6 is 15.9 Å². The Labute approximate surface area is 106 Å².